The van der Waals surface area contributed by atoms with Gasteiger partial charge in [0.2, 0.25) is 0 Å². The van der Waals surface area contributed by atoms with Crippen LogP contribution in [0.4, 0.5) is 0 Å². The molecule has 1 aliphatic rings. The van der Waals surface area contributed by atoms with Crippen LogP contribution in [-0.4, -0.2) is 59.0 Å². The van der Waals surface area contributed by atoms with Crippen molar-refractivity contribution >= 4 is 31.6 Å². The molecule has 1 rings (SSSR count). The Balaban J connectivity index is 2.56. The van der Waals surface area contributed by atoms with E-state index in [9.17, 15) is 21.0 Å². The molecule has 0 spiro atoms. The Morgan fingerprint density at radius 1 is 0.944 bits per heavy atom. The molecule has 12 heteroatoms. The highest BCUT2D eigenvalue weighted by Crippen LogP contribution is 2.19. The largest absolute Gasteiger partial charge is 0.305 e. The Labute approximate surface area is 107 Å². The summed E-state index contributed by atoms with van der Waals surface area (Å²) in [7, 11) is -7.38. The average molecular weight is 324 g/mol. The van der Waals surface area contributed by atoms with Crippen LogP contribution in [-0.2, 0) is 48.3 Å². The van der Waals surface area contributed by atoms with Crippen LogP contribution in [0.25, 0.3) is 0 Å². The molecule has 0 N–H and O–H groups in total. The van der Waals surface area contributed by atoms with E-state index in [1.54, 1.807) is 0 Å². The topological polar surface area (TPSA) is 122 Å². The molecule has 1 fully saturated rings. The maximum atomic E-state index is 11.0. The SMILES string of the molecule is CS(=O)(=O)OC[C@@H]1OS(=O)O[C@H]1COS(C)(=O)=O. The maximum Gasteiger partial charge on any atom is 0.305 e. The van der Waals surface area contributed by atoms with Gasteiger partial charge in [-0.3, -0.25) is 16.7 Å². The molecule has 1 aliphatic heterocycles. The van der Waals surface area contributed by atoms with Gasteiger partial charge in [-0.25, -0.2) is 0 Å². The monoisotopic (exact) mass is 324 g/mol. The van der Waals surface area contributed by atoms with Gasteiger partial charge in [-0.05, 0) is 0 Å². The fourth-order valence-corrected chi connectivity index (χ4v) is 2.57. The fraction of sp³-hybridized carbons (Fsp3) is 1.00. The Bertz CT molecular complexity index is 460. The van der Waals surface area contributed by atoms with Crippen molar-refractivity contribution in [3.05, 3.63) is 0 Å². The summed E-state index contributed by atoms with van der Waals surface area (Å²) < 4.78 is 72.4. The van der Waals surface area contributed by atoms with Crippen molar-refractivity contribution < 1.29 is 37.8 Å². The van der Waals surface area contributed by atoms with Crippen LogP contribution in [0.2, 0.25) is 0 Å². The zero-order valence-corrected chi connectivity index (χ0v) is 11.9. The normalized spacial score (nSPS) is 26.6. The van der Waals surface area contributed by atoms with E-state index in [1.165, 1.54) is 0 Å². The predicted octanol–water partition coefficient (Wildman–Crippen LogP) is -1.70. The van der Waals surface area contributed by atoms with Gasteiger partial charge >= 0.3 is 11.4 Å². The van der Waals surface area contributed by atoms with E-state index >= 15 is 0 Å². The van der Waals surface area contributed by atoms with Gasteiger partial charge in [-0.1, -0.05) is 0 Å². The fourth-order valence-electron chi connectivity index (χ4n) is 1.000. The molecular formula is C6H12O9S3. The molecule has 0 unspecified atom stereocenters. The standard InChI is InChI=1S/C6H12O9S3/c1-17(8,9)12-3-5-6(15-16(7)14-5)4-13-18(2,10)11/h5-6H,3-4H2,1-2H3/t5-,6-/m0/s1. The van der Waals surface area contributed by atoms with Gasteiger partial charge in [-0.2, -0.15) is 21.0 Å². The molecule has 0 aliphatic carbocycles. The third-order valence-electron chi connectivity index (χ3n) is 1.71. The second kappa shape index (κ2) is 5.90. The number of hydrogen-bond acceptors (Lipinski definition) is 9. The van der Waals surface area contributed by atoms with Crippen molar-refractivity contribution in [2.75, 3.05) is 25.7 Å². The van der Waals surface area contributed by atoms with Gasteiger partial charge in [0.25, 0.3) is 20.2 Å². The molecule has 1 heterocycles. The van der Waals surface area contributed by atoms with Crippen LogP contribution in [0.15, 0.2) is 0 Å². The first-order valence-corrected chi connectivity index (χ1v) is 9.15. The van der Waals surface area contributed by atoms with Crippen LogP contribution in [0, 0.1) is 0 Å². The molecule has 2 atom stereocenters. The third kappa shape index (κ3) is 6.17. The Hall–Kier alpha value is -0.110. The van der Waals surface area contributed by atoms with E-state index < -0.39 is 57.0 Å². The lowest BCUT2D eigenvalue weighted by Crippen LogP contribution is -2.33. The lowest BCUT2D eigenvalue weighted by molar-refractivity contribution is 0.0713. The molecular weight excluding hydrogens is 312 g/mol. The van der Waals surface area contributed by atoms with Gasteiger partial charge in [0.1, 0.15) is 12.2 Å². The molecule has 0 aromatic rings. The Kier molecular flexibility index (Phi) is 5.22. The second-order valence-corrected chi connectivity index (χ2v) is 7.53. The molecule has 9 nitrogen and oxygen atoms in total. The third-order valence-corrected chi connectivity index (χ3v) is 3.65. The summed E-state index contributed by atoms with van der Waals surface area (Å²) in [6.07, 6.45) is -0.326. The number of rotatable bonds is 6. The van der Waals surface area contributed by atoms with Gasteiger partial charge in [-0.15, -0.1) is 0 Å². The summed E-state index contributed by atoms with van der Waals surface area (Å²) >= 11 is -2.09. The molecule has 0 bridgehead atoms. The van der Waals surface area contributed by atoms with Crippen molar-refractivity contribution in [3.8, 4) is 0 Å². The van der Waals surface area contributed by atoms with E-state index in [1.807, 2.05) is 0 Å². The summed E-state index contributed by atoms with van der Waals surface area (Å²) in [6.45, 7) is -0.884. The average Bonchev–Trinajstić information content (AvgIpc) is 2.51. The highest BCUT2D eigenvalue weighted by Gasteiger charge is 2.37. The molecule has 0 amide bonds. The summed E-state index contributed by atoms with van der Waals surface area (Å²) in [5, 5.41) is 0. The molecule has 0 aromatic heterocycles. The minimum Gasteiger partial charge on any atom is -0.267 e. The van der Waals surface area contributed by atoms with E-state index in [4.69, 9.17) is 8.37 Å². The van der Waals surface area contributed by atoms with Gasteiger partial charge < -0.3 is 0 Å². The smallest absolute Gasteiger partial charge is 0.267 e. The predicted molar refractivity (Wildman–Crippen MR) is 59.5 cm³/mol. The highest BCUT2D eigenvalue weighted by molar-refractivity contribution is 7.86. The first-order chi connectivity index (χ1) is 8.07. The second-order valence-electron chi connectivity index (χ2n) is 3.45. The summed E-state index contributed by atoms with van der Waals surface area (Å²) in [5.41, 5.74) is 0. The summed E-state index contributed by atoms with van der Waals surface area (Å²) in [5.74, 6) is 0. The van der Waals surface area contributed by atoms with Crippen molar-refractivity contribution in [2.24, 2.45) is 0 Å². The molecule has 0 saturated carbocycles. The summed E-state index contributed by atoms with van der Waals surface area (Å²) in [6, 6.07) is 0. The van der Waals surface area contributed by atoms with Gasteiger partial charge in [0.05, 0.1) is 25.7 Å². The zero-order chi connectivity index (χ0) is 14.0. The van der Waals surface area contributed by atoms with Crippen LogP contribution < -0.4 is 0 Å². The van der Waals surface area contributed by atoms with Crippen molar-refractivity contribution in [1.29, 1.82) is 0 Å². The summed E-state index contributed by atoms with van der Waals surface area (Å²) in [4.78, 5) is 0. The maximum absolute atomic E-state index is 11.0. The van der Waals surface area contributed by atoms with Crippen molar-refractivity contribution in [1.82, 2.24) is 0 Å². The van der Waals surface area contributed by atoms with Crippen LogP contribution in [0.3, 0.4) is 0 Å². The highest BCUT2D eigenvalue weighted by atomic mass is 32.2. The quantitative estimate of drug-likeness (QED) is 0.526. The van der Waals surface area contributed by atoms with E-state index in [0.29, 0.717) is 0 Å². The first-order valence-electron chi connectivity index (χ1n) is 4.52. The molecule has 0 aromatic carbocycles. The van der Waals surface area contributed by atoms with E-state index in [-0.39, 0.29) is 0 Å². The van der Waals surface area contributed by atoms with Gasteiger partial charge in [0.15, 0.2) is 0 Å². The molecule has 108 valence electrons. The minimum atomic E-state index is -3.69. The molecule has 18 heavy (non-hydrogen) atoms. The van der Waals surface area contributed by atoms with Gasteiger partial charge in [0, 0.05) is 0 Å². The Morgan fingerprint density at radius 2 is 1.28 bits per heavy atom. The van der Waals surface area contributed by atoms with Crippen LogP contribution in [0.5, 0.6) is 0 Å². The van der Waals surface area contributed by atoms with Crippen molar-refractivity contribution in [2.45, 2.75) is 12.2 Å². The van der Waals surface area contributed by atoms with E-state index in [2.05, 4.69) is 8.37 Å². The molecule has 1 saturated heterocycles. The first kappa shape index (κ1) is 15.9. The minimum absolute atomic E-state index is 0.442. The zero-order valence-electron chi connectivity index (χ0n) is 9.47. The van der Waals surface area contributed by atoms with Crippen LogP contribution in [0.1, 0.15) is 0 Å². The van der Waals surface area contributed by atoms with Crippen molar-refractivity contribution in [3.63, 3.8) is 0 Å². The Morgan fingerprint density at radius 3 is 1.56 bits per heavy atom. The van der Waals surface area contributed by atoms with Crippen LogP contribution >= 0.6 is 0 Å². The lowest BCUT2D eigenvalue weighted by atomic mass is 10.2. The molecule has 0 radical (unpaired) electrons. The van der Waals surface area contributed by atoms with E-state index in [0.717, 1.165) is 12.5 Å². The lowest BCUT2D eigenvalue weighted by Gasteiger charge is -2.13. The number of hydrogen-bond donors (Lipinski definition) is 0.